The molecule has 0 heterocycles. The van der Waals surface area contributed by atoms with E-state index in [0.29, 0.717) is 6.07 Å². The molecule has 22 heavy (non-hydrogen) atoms. The van der Waals surface area contributed by atoms with Crippen molar-refractivity contribution in [2.24, 2.45) is 5.92 Å². The summed E-state index contributed by atoms with van der Waals surface area (Å²) in [4.78, 5) is 23.1. The molecule has 5 nitrogen and oxygen atoms in total. The summed E-state index contributed by atoms with van der Waals surface area (Å²) in [6.45, 7) is 5.58. The maximum atomic E-state index is 13.7. The third-order valence-electron chi connectivity index (χ3n) is 3.29. The molecule has 1 atom stereocenters. The summed E-state index contributed by atoms with van der Waals surface area (Å²) in [6, 6.07) is 1.52. The highest BCUT2D eigenvalue weighted by Crippen LogP contribution is 2.20. The van der Waals surface area contributed by atoms with Crippen molar-refractivity contribution in [2.75, 3.05) is 19.0 Å². The normalized spacial score (nSPS) is 12.0. The van der Waals surface area contributed by atoms with Gasteiger partial charge in [-0.3, -0.25) is 4.79 Å². The van der Waals surface area contributed by atoms with Crippen molar-refractivity contribution in [1.82, 2.24) is 5.32 Å². The predicted molar refractivity (Wildman–Crippen MR) is 78.6 cm³/mol. The topological polar surface area (TPSA) is 67.4 Å². The molecule has 1 amide bonds. The Morgan fingerprint density at radius 1 is 1.18 bits per heavy atom. The summed E-state index contributed by atoms with van der Waals surface area (Å²) in [5.74, 6) is -2.90. The zero-order chi connectivity index (χ0) is 16.9. The maximum absolute atomic E-state index is 13.7. The lowest BCUT2D eigenvalue weighted by Gasteiger charge is -2.18. The standard InChI is InChI=1S/C15H20F2N2O3/c1-8(2)9(3)19-14(20)7-18-13-5-10(15(21)22-4)11(16)6-12(13)17/h5-6,8-9,18H,7H2,1-4H3,(H,19,20). The molecule has 0 spiro atoms. The van der Waals surface area contributed by atoms with Crippen LogP contribution in [0.4, 0.5) is 14.5 Å². The first kappa shape index (κ1) is 17.9. The average Bonchev–Trinajstić information content (AvgIpc) is 2.45. The molecule has 0 radical (unpaired) electrons. The van der Waals surface area contributed by atoms with Crippen LogP contribution in [0.5, 0.6) is 0 Å². The molecule has 0 aliphatic carbocycles. The Balaban J connectivity index is 2.77. The number of methoxy groups -OCH3 is 1. The van der Waals surface area contributed by atoms with Crippen molar-refractivity contribution >= 4 is 17.6 Å². The van der Waals surface area contributed by atoms with Crippen LogP contribution in [-0.2, 0) is 9.53 Å². The third-order valence-corrected chi connectivity index (χ3v) is 3.29. The van der Waals surface area contributed by atoms with Crippen LogP contribution in [0.2, 0.25) is 0 Å². The monoisotopic (exact) mass is 314 g/mol. The first-order valence-corrected chi connectivity index (χ1v) is 6.86. The Hall–Kier alpha value is -2.18. The van der Waals surface area contributed by atoms with Gasteiger partial charge < -0.3 is 15.4 Å². The van der Waals surface area contributed by atoms with E-state index in [0.717, 1.165) is 13.2 Å². The number of carbonyl (C=O) groups excluding carboxylic acids is 2. The van der Waals surface area contributed by atoms with E-state index in [1.807, 2.05) is 20.8 Å². The maximum Gasteiger partial charge on any atom is 0.340 e. The highest BCUT2D eigenvalue weighted by Gasteiger charge is 2.17. The van der Waals surface area contributed by atoms with Crippen LogP contribution in [0.15, 0.2) is 12.1 Å². The van der Waals surface area contributed by atoms with Crippen molar-refractivity contribution in [3.63, 3.8) is 0 Å². The average molecular weight is 314 g/mol. The van der Waals surface area contributed by atoms with E-state index >= 15 is 0 Å². The second-order valence-corrected chi connectivity index (χ2v) is 5.26. The predicted octanol–water partition coefficient (Wildman–Crippen LogP) is 2.32. The van der Waals surface area contributed by atoms with Crippen LogP contribution in [0, 0.1) is 17.6 Å². The highest BCUT2D eigenvalue weighted by molar-refractivity contribution is 5.91. The number of carbonyl (C=O) groups is 2. The number of esters is 1. The molecular weight excluding hydrogens is 294 g/mol. The molecule has 122 valence electrons. The first-order chi connectivity index (χ1) is 10.3. The largest absolute Gasteiger partial charge is 0.465 e. The number of hydrogen-bond acceptors (Lipinski definition) is 4. The lowest BCUT2D eigenvalue weighted by atomic mass is 10.1. The van der Waals surface area contributed by atoms with Crippen molar-refractivity contribution < 1.29 is 23.1 Å². The number of anilines is 1. The van der Waals surface area contributed by atoms with Gasteiger partial charge in [-0.05, 0) is 18.9 Å². The molecule has 1 aromatic carbocycles. The molecule has 2 N–H and O–H groups in total. The van der Waals surface area contributed by atoms with Crippen molar-refractivity contribution in [1.29, 1.82) is 0 Å². The smallest absolute Gasteiger partial charge is 0.340 e. The van der Waals surface area contributed by atoms with Gasteiger partial charge in [0, 0.05) is 12.1 Å². The van der Waals surface area contributed by atoms with Crippen LogP contribution in [0.25, 0.3) is 0 Å². The van der Waals surface area contributed by atoms with Gasteiger partial charge in [-0.1, -0.05) is 13.8 Å². The molecule has 0 fully saturated rings. The van der Waals surface area contributed by atoms with E-state index in [4.69, 9.17) is 0 Å². The second-order valence-electron chi connectivity index (χ2n) is 5.26. The molecule has 0 aliphatic heterocycles. The molecule has 0 bridgehead atoms. The molecule has 0 aromatic heterocycles. The molecule has 1 rings (SSSR count). The molecule has 1 aromatic rings. The van der Waals surface area contributed by atoms with Gasteiger partial charge >= 0.3 is 5.97 Å². The van der Waals surface area contributed by atoms with Gasteiger partial charge in [0.15, 0.2) is 0 Å². The minimum Gasteiger partial charge on any atom is -0.465 e. The molecular formula is C15H20F2N2O3. The minimum atomic E-state index is -1.02. The van der Waals surface area contributed by atoms with Crippen molar-refractivity contribution in [3.8, 4) is 0 Å². The van der Waals surface area contributed by atoms with Crippen molar-refractivity contribution in [2.45, 2.75) is 26.8 Å². The van der Waals surface area contributed by atoms with E-state index in [-0.39, 0.29) is 30.1 Å². The minimum absolute atomic E-state index is 0.0296. The summed E-state index contributed by atoms with van der Waals surface area (Å²) in [5.41, 5.74) is -0.545. The van der Waals surface area contributed by atoms with Gasteiger partial charge in [0.1, 0.15) is 11.6 Å². The fraction of sp³-hybridized carbons (Fsp3) is 0.467. The van der Waals surface area contributed by atoms with E-state index < -0.39 is 23.2 Å². The highest BCUT2D eigenvalue weighted by atomic mass is 19.1. The number of ether oxygens (including phenoxy) is 1. The lowest BCUT2D eigenvalue weighted by molar-refractivity contribution is -0.120. The zero-order valence-electron chi connectivity index (χ0n) is 13.0. The molecule has 0 aliphatic rings. The summed E-state index contributed by atoms with van der Waals surface area (Å²) >= 11 is 0. The van der Waals surface area contributed by atoms with E-state index in [1.54, 1.807) is 0 Å². The van der Waals surface area contributed by atoms with Gasteiger partial charge in [0.25, 0.3) is 0 Å². The fourth-order valence-corrected chi connectivity index (χ4v) is 1.60. The van der Waals surface area contributed by atoms with Gasteiger partial charge in [0.2, 0.25) is 5.91 Å². The van der Waals surface area contributed by atoms with E-state index in [9.17, 15) is 18.4 Å². The first-order valence-electron chi connectivity index (χ1n) is 6.86. The Kier molecular flexibility index (Phi) is 6.27. The number of benzene rings is 1. The van der Waals surface area contributed by atoms with Crippen LogP contribution < -0.4 is 10.6 Å². The number of hydrogen-bond donors (Lipinski definition) is 2. The van der Waals surface area contributed by atoms with Gasteiger partial charge in [-0.2, -0.15) is 0 Å². The lowest BCUT2D eigenvalue weighted by Crippen LogP contribution is -2.39. The third kappa shape index (κ3) is 4.68. The Bertz CT molecular complexity index is 562. The Morgan fingerprint density at radius 3 is 2.36 bits per heavy atom. The number of amides is 1. The number of rotatable bonds is 6. The van der Waals surface area contributed by atoms with E-state index in [2.05, 4.69) is 15.4 Å². The van der Waals surface area contributed by atoms with Crippen LogP contribution in [-0.4, -0.2) is 31.6 Å². The summed E-state index contributed by atoms with van der Waals surface area (Å²) in [6.07, 6.45) is 0. The Morgan fingerprint density at radius 2 is 1.82 bits per heavy atom. The summed E-state index contributed by atoms with van der Waals surface area (Å²) in [5, 5.41) is 5.28. The molecule has 7 heteroatoms. The van der Waals surface area contributed by atoms with Gasteiger partial charge in [-0.25, -0.2) is 13.6 Å². The van der Waals surface area contributed by atoms with Crippen LogP contribution >= 0.6 is 0 Å². The summed E-state index contributed by atoms with van der Waals surface area (Å²) in [7, 11) is 1.10. The summed E-state index contributed by atoms with van der Waals surface area (Å²) < 4.78 is 31.5. The number of nitrogens with one attached hydrogen (secondary N) is 2. The van der Waals surface area contributed by atoms with Gasteiger partial charge in [-0.15, -0.1) is 0 Å². The van der Waals surface area contributed by atoms with Crippen molar-refractivity contribution in [3.05, 3.63) is 29.3 Å². The quantitative estimate of drug-likeness (QED) is 0.791. The van der Waals surface area contributed by atoms with E-state index in [1.165, 1.54) is 0 Å². The van der Waals surface area contributed by atoms with Gasteiger partial charge in [0.05, 0.1) is 24.9 Å². The number of halogens is 2. The fourth-order valence-electron chi connectivity index (χ4n) is 1.60. The molecule has 0 saturated carbocycles. The second kappa shape index (κ2) is 7.72. The zero-order valence-corrected chi connectivity index (χ0v) is 13.0. The molecule has 1 unspecified atom stereocenters. The SMILES string of the molecule is COC(=O)c1cc(NCC(=O)NC(C)C(C)C)c(F)cc1F. The Labute approximate surface area is 128 Å². The molecule has 0 saturated heterocycles. The van der Waals surface area contributed by atoms with Crippen LogP contribution in [0.1, 0.15) is 31.1 Å². The van der Waals surface area contributed by atoms with Crippen LogP contribution in [0.3, 0.4) is 0 Å².